The van der Waals surface area contributed by atoms with Crippen molar-refractivity contribution in [2.24, 2.45) is 5.92 Å². The van der Waals surface area contributed by atoms with Gasteiger partial charge >= 0.3 is 0 Å². The van der Waals surface area contributed by atoms with Gasteiger partial charge in [-0.1, -0.05) is 13.8 Å². The molecular formula is C16H23N3OS. The summed E-state index contributed by atoms with van der Waals surface area (Å²) in [5, 5.41) is 4.64. The Hall–Kier alpha value is -1.20. The van der Waals surface area contributed by atoms with Crippen molar-refractivity contribution in [2.75, 3.05) is 25.1 Å². The van der Waals surface area contributed by atoms with E-state index in [-0.39, 0.29) is 0 Å². The minimum atomic E-state index is 0.576. The topological polar surface area (TPSA) is 47.0 Å². The van der Waals surface area contributed by atoms with Crippen LogP contribution < -0.4 is 5.32 Å². The Labute approximate surface area is 129 Å². The number of nitrogens with zero attached hydrogens (tertiary/aromatic N) is 2. The van der Waals surface area contributed by atoms with Gasteiger partial charge in [-0.15, -0.1) is 11.3 Å². The van der Waals surface area contributed by atoms with Gasteiger partial charge in [0, 0.05) is 31.1 Å². The predicted octanol–water partition coefficient (Wildman–Crippen LogP) is 3.65. The second-order valence-electron chi connectivity index (χ2n) is 5.63. The first-order valence-electron chi connectivity index (χ1n) is 7.91. The largest absolute Gasteiger partial charge is 0.381 e. The Balaban J connectivity index is 1.92. The van der Waals surface area contributed by atoms with Crippen molar-refractivity contribution in [1.29, 1.82) is 0 Å². The Morgan fingerprint density at radius 3 is 3.00 bits per heavy atom. The van der Waals surface area contributed by atoms with E-state index in [1.807, 2.05) is 0 Å². The summed E-state index contributed by atoms with van der Waals surface area (Å²) in [6, 6.07) is 2.24. The van der Waals surface area contributed by atoms with Crippen LogP contribution in [0, 0.1) is 5.92 Å². The molecule has 3 heterocycles. The highest BCUT2D eigenvalue weighted by Gasteiger charge is 2.19. The van der Waals surface area contributed by atoms with Crippen LogP contribution in [-0.4, -0.2) is 29.7 Å². The fourth-order valence-electron chi connectivity index (χ4n) is 2.66. The molecule has 2 aromatic rings. The molecule has 0 aromatic carbocycles. The van der Waals surface area contributed by atoms with Gasteiger partial charge in [-0.2, -0.15) is 0 Å². The van der Waals surface area contributed by atoms with Crippen LogP contribution in [0.1, 0.15) is 37.4 Å². The average molecular weight is 305 g/mol. The standard InChI is InChI=1S/C16H23N3OS/c1-3-6-17-15-13-9-12(4-2)21-16(13)19-14(18-15)8-11-5-7-20-10-11/h9,11H,3-8,10H2,1-2H3,(H,17,18,19). The first kappa shape index (κ1) is 14.7. The van der Waals surface area contributed by atoms with Crippen LogP contribution in [0.4, 0.5) is 5.82 Å². The molecule has 0 aliphatic carbocycles. The van der Waals surface area contributed by atoms with Gasteiger partial charge in [-0.25, -0.2) is 9.97 Å². The molecule has 2 aromatic heterocycles. The van der Waals surface area contributed by atoms with Crippen molar-refractivity contribution in [1.82, 2.24) is 9.97 Å². The van der Waals surface area contributed by atoms with Crippen LogP contribution in [0.2, 0.25) is 0 Å². The van der Waals surface area contributed by atoms with E-state index in [1.54, 1.807) is 11.3 Å². The Morgan fingerprint density at radius 2 is 2.29 bits per heavy atom. The lowest BCUT2D eigenvalue weighted by Crippen LogP contribution is -2.10. The number of fused-ring (bicyclic) bond motifs is 1. The van der Waals surface area contributed by atoms with Gasteiger partial charge in [0.2, 0.25) is 0 Å². The van der Waals surface area contributed by atoms with Gasteiger partial charge < -0.3 is 10.1 Å². The molecule has 0 bridgehead atoms. The van der Waals surface area contributed by atoms with Crippen LogP contribution in [0.15, 0.2) is 6.07 Å². The lowest BCUT2D eigenvalue weighted by Gasteiger charge is -2.10. The summed E-state index contributed by atoms with van der Waals surface area (Å²) in [4.78, 5) is 12.1. The Morgan fingerprint density at radius 1 is 1.38 bits per heavy atom. The summed E-state index contributed by atoms with van der Waals surface area (Å²) in [5.41, 5.74) is 0. The molecule has 1 fully saturated rings. The van der Waals surface area contributed by atoms with Gasteiger partial charge in [0.05, 0.1) is 5.39 Å². The first-order valence-corrected chi connectivity index (χ1v) is 8.72. The zero-order valence-electron chi connectivity index (χ0n) is 12.8. The highest BCUT2D eigenvalue weighted by molar-refractivity contribution is 7.18. The van der Waals surface area contributed by atoms with Crippen molar-refractivity contribution in [2.45, 2.75) is 39.5 Å². The lowest BCUT2D eigenvalue weighted by molar-refractivity contribution is 0.185. The first-order chi connectivity index (χ1) is 10.3. The quantitative estimate of drug-likeness (QED) is 0.885. The fraction of sp³-hybridized carbons (Fsp3) is 0.625. The fourth-order valence-corrected chi connectivity index (χ4v) is 3.65. The third-order valence-electron chi connectivity index (χ3n) is 3.88. The molecule has 114 valence electrons. The smallest absolute Gasteiger partial charge is 0.138 e. The minimum Gasteiger partial charge on any atom is -0.381 e. The molecule has 3 rings (SSSR count). The number of anilines is 1. The minimum absolute atomic E-state index is 0.576. The zero-order valence-corrected chi connectivity index (χ0v) is 13.6. The molecule has 21 heavy (non-hydrogen) atoms. The molecule has 1 unspecified atom stereocenters. The maximum absolute atomic E-state index is 5.46. The molecule has 1 aliphatic heterocycles. The van der Waals surface area contributed by atoms with Crippen LogP contribution in [0.3, 0.4) is 0 Å². The van der Waals surface area contributed by atoms with Crippen molar-refractivity contribution in [3.05, 3.63) is 16.8 Å². The molecule has 1 saturated heterocycles. The van der Waals surface area contributed by atoms with Gasteiger partial charge in [0.15, 0.2) is 0 Å². The third-order valence-corrected chi connectivity index (χ3v) is 5.05. The molecule has 1 N–H and O–H groups in total. The lowest BCUT2D eigenvalue weighted by atomic mass is 10.0. The molecular weight excluding hydrogens is 282 g/mol. The second-order valence-corrected chi connectivity index (χ2v) is 6.75. The average Bonchev–Trinajstić information content (AvgIpc) is 3.13. The normalized spacial score (nSPS) is 18.5. The third kappa shape index (κ3) is 3.35. The number of aryl methyl sites for hydroxylation is 1. The number of aromatic nitrogens is 2. The van der Waals surface area contributed by atoms with Gasteiger partial charge in [-0.3, -0.25) is 0 Å². The van der Waals surface area contributed by atoms with Crippen LogP contribution >= 0.6 is 11.3 Å². The summed E-state index contributed by atoms with van der Waals surface area (Å²) in [7, 11) is 0. The maximum Gasteiger partial charge on any atom is 0.138 e. The van der Waals surface area contributed by atoms with Crippen molar-refractivity contribution in [3.63, 3.8) is 0 Å². The van der Waals surface area contributed by atoms with E-state index in [0.717, 1.165) is 61.9 Å². The Bertz CT molecular complexity index is 605. The summed E-state index contributed by atoms with van der Waals surface area (Å²) in [6.45, 7) is 7.05. The van der Waals surface area contributed by atoms with E-state index in [0.29, 0.717) is 5.92 Å². The number of thiophene rings is 1. The van der Waals surface area contributed by atoms with Crippen LogP contribution in [0.25, 0.3) is 10.2 Å². The van der Waals surface area contributed by atoms with Gasteiger partial charge in [0.1, 0.15) is 16.5 Å². The summed E-state index contributed by atoms with van der Waals surface area (Å²) in [5.74, 6) is 2.54. The predicted molar refractivity (Wildman–Crippen MR) is 88.2 cm³/mol. The number of hydrogen-bond acceptors (Lipinski definition) is 5. The number of nitrogens with one attached hydrogen (secondary N) is 1. The van der Waals surface area contributed by atoms with E-state index in [4.69, 9.17) is 14.7 Å². The Kier molecular flexibility index (Phi) is 4.70. The number of hydrogen-bond donors (Lipinski definition) is 1. The zero-order chi connectivity index (χ0) is 14.7. The van der Waals surface area contributed by atoms with E-state index in [9.17, 15) is 0 Å². The molecule has 0 amide bonds. The van der Waals surface area contributed by atoms with Crippen molar-refractivity contribution < 1.29 is 4.74 Å². The molecule has 1 aliphatic rings. The van der Waals surface area contributed by atoms with E-state index in [1.165, 1.54) is 10.3 Å². The maximum atomic E-state index is 5.46. The highest BCUT2D eigenvalue weighted by Crippen LogP contribution is 2.30. The van der Waals surface area contributed by atoms with Crippen molar-refractivity contribution in [3.8, 4) is 0 Å². The molecule has 0 radical (unpaired) electrons. The van der Waals surface area contributed by atoms with E-state index in [2.05, 4.69) is 25.2 Å². The molecule has 0 saturated carbocycles. The monoisotopic (exact) mass is 305 g/mol. The molecule has 5 heteroatoms. The summed E-state index contributed by atoms with van der Waals surface area (Å²) in [6.07, 6.45) is 4.21. The second kappa shape index (κ2) is 6.71. The summed E-state index contributed by atoms with van der Waals surface area (Å²) < 4.78 is 5.46. The molecule has 1 atom stereocenters. The SMILES string of the molecule is CCCNc1nc(CC2CCOC2)nc2sc(CC)cc12. The molecule has 0 spiro atoms. The van der Waals surface area contributed by atoms with Gasteiger partial charge in [0.25, 0.3) is 0 Å². The van der Waals surface area contributed by atoms with E-state index >= 15 is 0 Å². The number of ether oxygens (including phenoxy) is 1. The van der Waals surface area contributed by atoms with Crippen molar-refractivity contribution >= 4 is 27.4 Å². The van der Waals surface area contributed by atoms with Crippen LogP contribution in [0.5, 0.6) is 0 Å². The molecule has 4 nitrogen and oxygen atoms in total. The summed E-state index contributed by atoms with van der Waals surface area (Å²) >= 11 is 1.79. The number of rotatable bonds is 6. The van der Waals surface area contributed by atoms with Gasteiger partial charge in [-0.05, 0) is 31.2 Å². The highest BCUT2D eigenvalue weighted by atomic mass is 32.1. The van der Waals surface area contributed by atoms with E-state index < -0.39 is 0 Å². The van der Waals surface area contributed by atoms with Crippen LogP contribution in [-0.2, 0) is 17.6 Å².